The van der Waals surface area contributed by atoms with Gasteiger partial charge >= 0.3 is 0 Å². The quantitative estimate of drug-likeness (QED) is 0.227. The van der Waals surface area contributed by atoms with Gasteiger partial charge in [0.15, 0.2) is 0 Å². The van der Waals surface area contributed by atoms with Crippen LogP contribution in [0.25, 0.3) is 55.5 Å². The Morgan fingerprint density at radius 2 is 1.08 bits per heavy atom. The lowest BCUT2D eigenvalue weighted by Crippen LogP contribution is -2.32. The minimum atomic E-state index is 0.857. The summed E-state index contributed by atoms with van der Waals surface area (Å²) in [5.74, 6) is 0.857. The minimum absolute atomic E-state index is 0.857. The molecule has 6 rings (SSSR count). The Morgan fingerprint density at radius 3 is 1.68 bits per heavy atom. The Kier molecular flexibility index (Phi) is 6.00. The molecule has 37 heavy (non-hydrogen) atoms. The van der Waals surface area contributed by atoms with Crippen molar-refractivity contribution >= 4 is 10.9 Å². The van der Waals surface area contributed by atoms with Crippen LogP contribution in [0.2, 0.25) is 0 Å². The molecule has 0 aliphatic carbocycles. The number of methoxy groups -OCH3 is 1. The fourth-order valence-electron chi connectivity index (χ4n) is 5.15. The van der Waals surface area contributed by atoms with E-state index in [2.05, 4.69) is 133 Å². The van der Waals surface area contributed by atoms with E-state index in [1.165, 1.54) is 50.0 Å². The number of rotatable bonds is 5. The van der Waals surface area contributed by atoms with E-state index in [0.29, 0.717) is 0 Å². The number of hydrogen-bond donors (Lipinski definition) is 0. The number of benzene rings is 5. The summed E-state index contributed by atoms with van der Waals surface area (Å²) in [7, 11) is 3.87. The first kappa shape index (κ1) is 22.8. The molecule has 5 aromatic carbocycles. The number of nitrogens with zero attached hydrogens (tertiary/aromatic N) is 1. The first-order valence-corrected chi connectivity index (χ1v) is 12.5. The predicted octanol–water partition coefficient (Wildman–Crippen LogP) is 8.34. The van der Waals surface area contributed by atoms with Crippen LogP contribution in [0, 0.1) is 0 Å². The summed E-state index contributed by atoms with van der Waals surface area (Å²) in [6.07, 6.45) is 0. The normalized spacial score (nSPS) is 11.0. The molecule has 6 aromatic rings. The lowest BCUT2D eigenvalue weighted by Gasteiger charge is -2.18. The highest BCUT2D eigenvalue weighted by molar-refractivity contribution is 5.96. The van der Waals surface area contributed by atoms with E-state index in [1.54, 1.807) is 7.11 Å². The molecule has 0 unspecified atom stereocenters. The summed E-state index contributed by atoms with van der Waals surface area (Å²) in [6, 6.07) is 47.4. The molecule has 0 fully saturated rings. The Bertz CT molecular complexity index is 1630. The molecule has 0 bridgehead atoms. The molecule has 1 aromatic heterocycles. The van der Waals surface area contributed by atoms with Crippen molar-refractivity contribution in [1.82, 2.24) is 0 Å². The summed E-state index contributed by atoms with van der Waals surface area (Å²) in [6.45, 7) is 0. The van der Waals surface area contributed by atoms with Crippen molar-refractivity contribution in [2.24, 2.45) is 7.05 Å². The van der Waals surface area contributed by atoms with Crippen molar-refractivity contribution in [1.29, 1.82) is 0 Å². The predicted molar refractivity (Wildman–Crippen MR) is 153 cm³/mol. The maximum absolute atomic E-state index is 5.41. The molecule has 0 radical (unpaired) electrons. The Morgan fingerprint density at radius 1 is 0.514 bits per heavy atom. The van der Waals surface area contributed by atoms with Crippen LogP contribution in [0.3, 0.4) is 0 Å². The van der Waals surface area contributed by atoms with Crippen molar-refractivity contribution < 1.29 is 9.30 Å². The smallest absolute Gasteiger partial charge is 0.214 e. The molecular weight excluding hydrogens is 450 g/mol. The summed E-state index contributed by atoms with van der Waals surface area (Å²) in [5, 5.41) is 1.23. The zero-order valence-electron chi connectivity index (χ0n) is 21.1. The molecular formula is C35H28NO+. The molecule has 1 heterocycles. The standard InChI is InChI=1S/C35H28NO/c1-36-33-16-10-9-15-28(33)19-22-34(36)35-31(26-11-5-3-6-12-26)23-29(25-17-20-30(37-2)21-18-25)24-32(35)27-13-7-4-8-14-27/h3-24H,1-2H3/q+1. The molecule has 2 nitrogen and oxygen atoms in total. The van der Waals surface area contributed by atoms with Gasteiger partial charge in [0, 0.05) is 17.5 Å². The Labute approximate surface area is 218 Å². The average Bonchev–Trinajstić information content (AvgIpc) is 2.98. The van der Waals surface area contributed by atoms with Crippen LogP contribution < -0.4 is 9.30 Å². The van der Waals surface area contributed by atoms with Gasteiger partial charge in [0.1, 0.15) is 12.8 Å². The fraction of sp³-hybridized carbons (Fsp3) is 0.0571. The molecule has 0 spiro atoms. The largest absolute Gasteiger partial charge is 0.497 e. The highest BCUT2D eigenvalue weighted by Gasteiger charge is 2.23. The molecule has 2 heteroatoms. The lowest BCUT2D eigenvalue weighted by atomic mass is 9.86. The Balaban J connectivity index is 1.71. The number of aromatic nitrogens is 1. The van der Waals surface area contributed by atoms with Crippen molar-refractivity contribution in [3.05, 3.63) is 133 Å². The maximum Gasteiger partial charge on any atom is 0.214 e. The van der Waals surface area contributed by atoms with Crippen molar-refractivity contribution in [2.75, 3.05) is 7.11 Å². The van der Waals surface area contributed by atoms with E-state index in [9.17, 15) is 0 Å². The van der Waals surface area contributed by atoms with E-state index >= 15 is 0 Å². The van der Waals surface area contributed by atoms with Gasteiger partial charge in [0.05, 0.1) is 12.7 Å². The number of hydrogen-bond acceptors (Lipinski definition) is 1. The highest BCUT2D eigenvalue weighted by atomic mass is 16.5. The van der Waals surface area contributed by atoms with Crippen LogP contribution in [0.15, 0.2) is 133 Å². The summed E-state index contributed by atoms with van der Waals surface area (Å²) < 4.78 is 7.73. The molecule has 0 N–H and O–H groups in total. The second kappa shape index (κ2) is 9.75. The topological polar surface area (TPSA) is 13.1 Å². The fourth-order valence-corrected chi connectivity index (χ4v) is 5.15. The van der Waals surface area contributed by atoms with Gasteiger partial charge in [0.25, 0.3) is 0 Å². The molecule has 0 saturated carbocycles. The van der Waals surface area contributed by atoms with Crippen LogP contribution in [0.4, 0.5) is 0 Å². The van der Waals surface area contributed by atoms with E-state index in [4.69, 9.17) is 4.74 Å². The highest BCUT2D eigenvalue weighted by Crippen LogP contribution is 2.42. The first-order valence-electron chi connectivity index (χ1n) is 12.5. The molecule has 0 aliphatic rings. The number of fused-ring (bicyclic) bond motifs is 1. The molecule has 0 aliphatic heterocycles. The van der Waals surface area contributed by atoms with Gasteiger partial charge in [-0.1, -0.05) is 84.9 Å². The van der Waals surface area contributed by atoms with Gasteiger partial charge < -0.3 is 4.74 Å². The maximum atomic E-state index is 5.41. The van der Waals surface area contributed by atoms with Crippen LogP contribution in [0.1, 0.15) is 0 Å². The van der Waals surface area contributed by atoms with E-state index in [-0.39, 0.29) is 0 Å². The molecule has 0 saturated heterocycles. The zero-order valence-corrected chi connectivity index (χ0v) is 21.1. The van der Waals surface area contributed by atoms with Gasteiger partial charge in [-0.15, -0.1) is 0 Å². The van der Waals surface area contributed by atoms with Crippen molar-refractivity contribution in [2.45, 2.75) is 0 Å². The molecule has 0 atom stereocenters. The number of para-hydroxylation sites is 1. The summed E-state index contributed by atoms with van der Waals surface area (Å²) >= 11 is 0. The van der Waals surface area contributed by atoms with Gasteiger partial charge in [0.2, 0.25) is 11.2 Å². The van der Waals surface area contributed by atoms with Crippen LogP contribution in [0.5, 0.6) is 5.75 Å². The van der Waals surface area contributed by atoms with Gasteiger partial charge in [-0.2, -0.15) is 4.57 Å². The average molecular weight is 479 g/mol. The molecule has 178 valence electrons. The van der Waals surface area contributed by atoms with Crippen molar-refractivity contribution in [3.8, 4) is 50.4 Å². The Hall–Kier alpha value is -4.69. The zero-order chi connectivity index (χ0) is 25.2. The third-order valence-corrected chi connectivity index (χ3v) is 7.07. The van der Waals surface area contributed by atoms with E-state index in [1.807, 2.05) is 12.1 Å². The van der Waals surface area contributed by atoms with E-state index < -0.39 is 0 Å². The number of pyridine rings is 1. The summed E-state index contributed by atoms with van der Waals surface area (Å²) in [4.78, 5) is 0. The number of aryl methyl sites for hydroxylation is 1. The van der Waals surface area contributed by atoms with Gasteiger partial charge in [-0.3, -0.25) is 0 Å². The second-order valence-electron chi connectivity index (χ2n) is 9.24. The second-order valence-corrected chi connectivity index (χ2v) is 9.24. The first-order chi connectivity index (χ1) is 18.2. The van der Waals surface area contributed by atoms with Crippen molar-refractivity contribution in [3.63, 3.8) is 0 Å². The van der Waals surface area contributed by atoms with Crippen LogP contribution in [-0.4, -0.2) is 7.11 Å². The third kappa shape index (κ3) is 4.28. The van der Waals surface area contributed by atoms with Crippen LogP contribution in [-0.2, 0) is 7.05 Å². The minimum Gasteiger partial charge on any atom is -0.497 e. The van der Waals surface area contributed by atoms with Crippen LogP contribution >= 0.6 is 0 Å². The van der Waals surface area contributed by atoms with Gasteiger partial charge in [-0.05, 0) is 69.8 Å². The monoisotopic (exact) mass is 478 g/mol. The van der Waals surface area contributed by atoms with Gasteiger partial charge in [-0.25, -0.2) is 0 Å². The molecule has 0 amide bonds. The lowest BCUT2D eigenvalue weighted by molar-refractivity contribution is -0.633. The summed E-state index contributed by atoms with van der Waals surface area (Å²) in [5.41, 5.74) is 10.7. The third-order valence-electron chi connectivity index (χ3n) is 7.07. The van der Waals surface area contributed by atoms with E-state index in [0.717, 1.165) is 11.3 Å². The SMILES string of the molecule is COc1ccc(-c2cc(-c3ccccc3)c(-c3ccc4ccccc4[n+]3C)c(-c3ccccc3)c2)cc1. The number of ether oxygens (including phenoxy) is 1.